The van der Waals surface area contributed by atoms with Gasteiger partial charge in [0, 0.05) is 18.7 Å². The summed E-state index contributed by atoms with van der Waals surface area (Å²) in [5.41, 5.74) is 4.35. The number of carbonyl (C=O) groups excluding carboxylic acids is 1. The molecule has 1 saturated heterocycles. The Kier molecular flexibility index (Phi) is 6.25. The number of hydrogen-bond acceptors (Lipinski definition) is 2. The van der Waals surface area contributed by atoms with Crippen LogP contribution in [0.25, 0.3) is 0 Å². The predicted molar refractivity (Wildman–Crippen MR) is 116 cm³/mol. The van der Waals surface area contributed by atoms with E-state index in [9.17, 15) is 4.79 Å². The van der Waals surface area contributed by atoms with E-state index in [2.05, 4.69) is 36.4 Å². The molecule has 0 radical (unpaired) electrons. The van der Waals surface area contributed by atoms with Crippen molar-refractivity contribution in [2.45, 2.75) is 32.3 Å². The van der Waals surface area contributed by atoms with E-state index in [0.717, 1.165) is 49.2 Å². The molecule has 0 saturated carbocycles. The zero-order valence-electron chi connectivity index (χ0n) is 16.7. The largest absolute Gasteiger partial charge is 0.489 e. The van der Waals surface area contributed by atoms with E-state index in [1.807, 2.05) is 47.4 Å². The maximum absolute atomic E-state index is 12.6. The van der Waals surface area contributed by atoms with Crippen molar-refractivity contribution in [3.8, 4) is 5.75 Å². The van der Waals surface area contributed by atoms with Gasteiger partial charge in [-0.2, -0.15) is 0 Å². The van der Waals surface area contributed by atoms with Crippen molar-refractivity contribution in [2.24, 2.45) is 0 Å². The summed E-state index contributed by atoms with van der Waals surface area (Å²) in [5, 5.41) is 0. The van der Waals surface area contributed by atoms with Crippen LogP contribution in [0.4, 0.5) is 0 Å². The fourth-order valence-electron chi connectivity index (χ4n) is 3.77. The van der Waals surface area contributed by atoms with E-state index in [4.69, 9.17) is 4.74 Å². The minimum absolute atomic E-state index is 0.144. The van der Waals surface area contributed by atoms with E-state index in [0.29, 0.717) is 6.61 Å². The van der Waals surface area contributed by atoms with Gasteiger partial charge in [0.15, 0.2) is 0 Å². The minimum atomic E-state index is 0.144. The Labute approximate surface area is 172 Å². The third-order valence-electron chi connectivity index (χ3n) is 5.40. The number of rotatable bonds is 6. The number of nitrogens with zero attached hydrogens (tertiary/aromatic N) is 1. The molecule has 3 nitrogen and oxygen atoms in total. The van der Waals surface area contributed by atoms with Crippen molar-refractivity contribution in [3.63, 3.8) is 0 Å². The Morgan fingerprint density at radius 1 is 0.759 bits per heavy atom. The first-order valence-electron chi connectivity index (χ1n) is 10.4. The topological polar surface area (TPSA) is 29.5 Å². The highest BCUT2D eigenvalue weighted by Gasteiger charge is 2.17. The maximum atomic E-state index is 12.6. The lowest BCUT2D eigenvalue weighted by Gasteiger charge is -2.26. The average Bonchev–Trinajstić information content (AvgIpc) is 2.79. The molecule has 0 bridgehead atoms. The molecule has 148 valence electrons. The van der Waals surface area contributed by atoms with E-state index < -0.39 is 0 Å². The SMILES string of the molecule is O=C(c1ccc(COc2cccc(Cc3ccccc3)c2)cc1)N1CCCCC1. The number of likely N-dealkylation sites (tertiary alicyclic amines) is 1. The van der Waals surface area contributed by atoms with Gasteiger partial charge < -0.3 is 9.64 Å². The van der Waals surface area contributed by atoms with Crippen LogP contribution in [0.15, 0.2) is 78.9 Å². The van der Waals surface area contributed by atoms with Crippen molar-refractivity contribution in [3.05, 3.63) is 101 Å². The summed E-state index contributed by atoms with van der Waals surface area (Å²) in [4.78, 5) is 14.5. The van der Waals surface area contributed by atoms with Crippen molar-refractivity contribution >= 4 is 5.91 Å². The van der Waals surface area contributed by atoms with E-state index >= 15 is 0 Å². The number of ether oxygens (including phenoxy) is 1. The second-order valence-corrected chi connectivity index (χ2v) is 7.65. The first kappa shape index (κ1) is 19.3. The molecule has 0 aliphatic carbocycles. The lowest BCUT2D eigenvalue weighted by Crippen LogP contribution is -2.35. The first-order chi connectivity index (χ1) is 14.3. The normalized spacial score (nSPS) is 13.9. The summed E-state index contributed by atoms with van der Waals surface area (Å²) >= 11 is 0. The lowest BCUT2D eigenvalue weighted by atomic mass is 10.1. The summed E-state index contributed by atoms with van der Waals surface area (Å²) in [6.45, 7) is 2.25. The molecule has 1 fully saturated rings. The Morgan fingerprint density at radius 2 is 1.48 bits per heavy atom. The van der Waals surface area contributed by atoms with Gasteiger partial charge in [0.2, 0.25) is 0 Å². The number of piperidine rings is 1. The molecule has 29 heavy (non-hydrogen) atoms. The minimum Gasteiger partial charge on any atom is -0.489 e. The molecule has 1 amide bonds. The van der Waals surface area contributed by atoms with Crippen LogP contribution >= 0.6 is 0 Å². The number of amides is 1. The fraction of sp³-hybridized carbons (Fsp3) is 0.269. The molecular weight excluding hydrogens is 358 g/mol. The van der Waals surface area contributed by atoms with E-state index in [1.165, 1.54) is 17.5 Å². The molecule has 3 aromatic rings. The molecule has 3 aromatic carbocycles. The van der Waals surface area contributed by atoms with Crippen molar-refractivity contribution < 1.29 is 9.53 Å². The van der Waals surface area contributed by atoms with Crippen LogP contribution in [-0.4, -0.2) is 23.9 Å². The highest BCUT2D eigenvalue weighted by atomic mass is 16.5. The van der Waals surface area contributed by atoms with Crippen LogP contribution in [0.2, 0.25) is 0 Å². The maximum Gasteiger partial charge on any atom is 0.253 e. The molecular formula is C26H27NO2. The van der Waals surface area contributed by atoms with Gasteiger partial charge in [0.05, 0.1) is 0 Å². The van der Waals surface area contributed by atoms with Gasteiger partial charge in [-0.3, -0.25) is 4.79 Å². The van der Waals surface area contributed by atoms with E-state index in [-0.39, 0.29) is 5.91 Å². The average molecular weight is 386 g/mol. The zero-order chi connectivity index (χ0) is 19.9. The summed E-state index contributed by atoms with van der Waals surface area (Å²) in [7, 11) is 0. The van der Waals surface area contributed by atoms with Crippen molar-refractivity contribution in [2.75, 3.05) is 13.1 Å². The van der Waals surface area contributed by atoms with Crippen LogP contribution in [-0.2, 0) is 13.0 Å². The molecule has 0 N–H and O–H groups in total. The molecule has 0 atom stereocenters. The smallest absolute Gasteiger partial charge is 0.253 e. The van der Waals surface area contributed by atoms with Crippen LogP contribution in [0.3, 0.4) is 0 Å². The monoisotopic (exact) mass is 385 g/mol. The Morgan fingerprint density at radius 3 is 2.24 bits per heavy atom. The molecule has 1 aliphatic rings. The molecule has 1 heterocycles. The van der Waals surface area contributed by atoms with Crippen LogP contribution in [0.5, 0.6) is 5.75 Å². The van der Waals surface area contributed by atoms with Crippen molar-refractivity contribution in [1.29, 1.82) is 0 Å². The first-order valence-corrected chi connectivity index (χ1v) is 10.4. The second kappa shape index (κ2) is 9.42. The molecule has 1 aliphatic heterocycles. The summed E-state index contributed by atoms with van der Waals surface area (Å²) in [5.74, 6) is 1.01. The molecule has 4 rings (SSSR count). The van der Waals surface area contributed by atoms with Gasteiger partial charge in [-0.1, -0.05) is 54.6 Å². The number of hydrogen-bond donors (Lipinski definition) is 0. The number of benzene rings is 3. The third kappa shape index (κ3) is 5.26. The van der Waals surface area contributed by atoms with Gasteiger partial charge in [-0.15, -0.1) is 0 Å². The van der Waals surface area contributed by atoms with Gasteiger partial charge in [0.25, 0.3) is 5.91 Å². The Balaban J connectivity index is 1.34. The molecule has 3 heteroatoms. The van der Waals surface area contributed by atoms with Crippen LogP contribution in [0.1, 0.15) is 46.3 Å². The van der Waals surface area contributed by atoms with Gasteiger partial charge >= 0.3 is 0 Å². The Bertz CT molecular complexity index is 928. The molecule has 0 spiro atoms. The molecule has 0 unspecified atom stereocenters. The lowest BCUT2D eigenvalue weighted by molar-refractivity contribution is 0.0724. The standard InChI is InChI=1S/C26H27NO2/c28-26(27-16-5-2-6-17-27)24-14-12-22(13-15-24)20-29-25-11-7-10-23(19-25)18-21-8-3-1-4-9-21/h1,3-4,7-15,19H,2,5-6,16-18,20H2. The number of carbonyl (C=O) groups is 1. The summed E-state index contributed by atoms with van der Waals surface area (Å²) < 4.78 is 5.99. The highest BCUT2D eigenvalue weighted by Crippen LogP contribution is 2.19. The third-order valence-corrected chi connectivity index (χ3v) is 5.40. The van der Waals surface area contributed by atoms with Gasteiger partial charge in [-0.05, 0) is 66.6 Å². The zero-order valence-corrected chi connectivity index (χ0v) is 16.7. The van der Waals surface area contributed by atoms with Crippen molar-refractivity contribution in [1.82, 2.24) is 4.90 Å². The Hall–Kier alpha value is -3.07. The highest BCUT2D eigenvalue weighted by molar-refractivity contribution is 5.94. The summed E-state index contributed by atoms with van der Waals surface area (Å²) in [6, 6.07) is 26.5. The molecule has 0 aromatic heterocycles. The van der Waals surface area contributed by atoms with Gasteiger partial charge in [0.1, 0.15) is 12.4 Å². The van der Waals surface area contributed by atoms with E-state index in [1.54, 1.807) is 0 Å². The second-order valence-electron chi connectivity index (χ2n) is 7.65. The quantitative estimate of drug-likeness (QED) is 0.562. The van der Waals surface area contributed by atoms with Crippen LogP contribution in [0, 0.1) is 0 Å². The predicted octanol–water partition coefficient (Wildman–Crippen LogP) is 5.48. The van der Waals surface area contributed by atoms with Crippen LogP contribution < -0.4 is 4.74 Å². The summed E-state index contributed by atoms with van der Waals surface area (Å²) in [6.07, 6.45) is 4.35. The fourth-order valence-corrected chi connectivity index (χ4v) is 3.77. The van der Waals surface area contributed by atoms with Gasteiger partial charge in [-0.25, -0.2) is 0 Å².